The Morgan fingerprint density at radius 2 is 1.93 bits per heavy atom. The van der Waals surface area contributed by atoms with Crippen molar-refractivity contribution in [2.75, 3.05) is 13.1 Å². The molecule has 1 aliphatic heterocycles. The minimum absolute atomic E-state index is 0.000167. The molecule has 0 saturated carbocycles. The summed E-state index contributed by atoms with van der Waals surface area (Å²) in [6, 6.07) is 13.7. The molecule has 3 heterocycles. The van der Waals surface area contributed by atoms with Crippen LogP contribution in [0.1, 0.15) is 23.7 Å². The van der Waals surface area contributed by atoms with Gasteiger partial charge in [-0.25, -0.2) is 0 Å². The molecule has 8 heteroatoms. The summed E-state index contributed by atoms with van der Waals surface area (Å²) in [5.74, 6) is -0.222. The normalized spacial score (nSPS) is 16.2. The quantitative estimate of drug-likeness (QED) is 0.545. The van der Waals surface area contributed by atoms with Gasteiger partial charge in [-0.1, -0.05) is 6.07 Å². The van der Waals surface area contributed by atoms with E-state index in [9.17, 15) is 19.7 Å². The van der Waals surface area contributed by atoms with Crippen LogP contribution in [0.5, 0.6) is 0 Å². The number of likely N-dealkylation sites (tertiary alicyclic amines) is 1. The zero-order chi connectivity index (χ0) is 20.5. The third-order valence-corrected chi connectivity index (χ3v) is 5.14. The number of carbonyl (C=O) groups is 2. The number of nitrogens with zero attached hydrogens (tertiary/aromatic N) is 3. The minimum atomic E-state index is -0.446. The Kier molecular flexibility index (Phi) is 4.75. The smallest absolute Gasteiger partial charge is 0.269 e. The average molecular weight is 392 g/mol. The van der Waals surface area contributed by atoms with E-state index in [1.54, 1.807) is 17.0 Å². The monoisotopic (exact) mass is 392 g/mol. The van der Waals surface area contributed by atoms with Gasteiger partial charge in [0.25, 0.3) is 11.6 Å². The van der Waals surface area contributed by atoms with Crippen molar-refractivity contribution in [1.29, 1.82) is 0 Å². The first kappa shape index (κ1) is 18.7. The van der Waals surface area contributed by atoms with Crippen LogP contribution in [-0.2, 0) is 4.79 Å². The topological polar surface area (TPSA) is 97.0 Å². The zero-order valence-corrected chi connectivity index (χ0v) is 15.9. The molecule has 1 atom stereocenters. The van der Waals surface area contributed by atoms with Crippen molar-refractivity contribution in [3.05, 3.63) is 70.4 Å². The first-order valence-electron chi connectivity index (χ1n) is 9.35. The van der Waals surface area contributed by atoms with Crippen LogP contribution in [0.15, 0.2) is 54.7 Å². The number of non-ortho nitro benzene ring substituents is 1. The summed E-state index contributed by atoms with van der Waals surface area (Å²) in [6.45, 7) is 2.50. The predicted molar refractivity (Wildman–Crippen MR) is 108 cm³/mol. The molecular weight excluding hydrogens is 372 g/mol. The SMILES string of the molecule is CC(=O)NC1CCN(C(=O)c2cc3ccccn3c2-c2ccc([N+](=O)[O-])cc2)C1. The molecule has 1 saturated heterocycles. The van der Waals surface area contributed by atoms with E-state index in [4.69, 9.17) is 0 Å². The Labute approximate surface area is 166 Å². The van der Waals surface area contributed by atoms with E-state index in [2.05, 4.69) is 5.32 Å². The Balaban J connectivity index is 1.73. The van der Waals surface area contributed by atoms with Crippen LogP contribution in [0, 0.1) is 10.1 Å². The van der Waals surface area contributed by atoms with Gasteiger partial charge >= 0.3 is 0 Å². The summed E-state index contributed by atoms with van der Waals surface area (Å²) < 4.78 is 1.91. The van der Waals surface area contributed by atoms with Crippen molar-refractivity contribution >= 4 is 23.0 Å². The molecule has 0 bridgehead atoms. The van der Waals surface area contributed by atoms with Gasteiger partial charge in [-0.3, -0.25) is 19.7 Å². The maximum Gasteiger partial charge on any atom is 0.269 e. The lowest BCUT2D eigenvalue weighted by atomic mass is 10.1. The number of rotatable bonds is 4. The molecular formula is C21H20N4O4. The van der Waals surface area contributed by atoms with E-state index in [0.29, 0.717) is 30.8 Å². The van der Waals surface area contributed by atoms with Gasteiger partial charge in [0.15, 0.2) is 0 Å². The number of benzene rings is 1. The Morgan fingerprint density at radius 1 is 1.17 bits per heavy atom. The lowest BCUT2D eigenvalue weighted by Gasteiger charge is -2.17. The van der Waals surface area contributed by atoms with Crippen LogP contribution in [-0.4, -0.2) is 45.2 Å². The van der Waals surface area contributed by atoms with Crippen LogP contribution in [0.3, 0.4) is 0 Å². The van der Waals surface area contributed by atoms with Crippen LogP contribution in [0.4, 0.5) is 5.69 Å². The fourth-order valence-corrected chi connectivity index (χ4v) is 3.84. The highest BCUT2D eigenvalue weighted by Gasteiger charge is 2.30. The summed E-state index contributed by atoms with van der Waals surface area (Å²) in [7, 11) is 0. The summed E-state index contributed by atoms with van der Waals surface area (Å²) in [5, 5.41) is 13.8. The van der Waals surface area contributed by atoms with E-state index in [0.717, 1.165) is 11.1 Å². The largest absolute Gasteiger partial charge is 0.352 e. The third kappa shape index (κ3) is 3.56. The fraction of sp³-hybridized carbons (Fsp3) is 0.238. The lowest BCUT2D eigenvalue weighted by Crippen LogP contribution is -2.37. The maximum atomic E-state index is 13.3. The second-order valence-corrected chi connectivity index (χ2v) is 7.14. The molecule has 0 radical (unpaired) electrons. The molecule has 3 aromatic rings. The van der Waals surface area contributed by atoms with E-state index in [1.165, 1.54) is 19.1 Å². The molecule has 1 fully saturated rings. The standard InChI is InChI=1S/C21H20N4O4/c1-14(26)22-16-9-11-23(13-16)21(27)19-12-18-4-2-3-10-24(18)20(19)15-5-7-17(8-6-15)25(28)29/h2-8,10,12,16H,9,11,13H2,1H3,(H,22,26). The molecule has 148 valence electrons. The van der Waals surface area contributed by atoms with Gasteiger partial charge in [0.05, 0.1) is 16.2 Å². The first-order chi connectivity index (χ1) is 13.9. The number of nitro groups is 1. The van der Waals surface area contributed by atoms with Gasteiger partial charge in [0, 0.05) is 49.9 Å². The van der Waals surface area contributed by atoms with Crippen molar-refractivity contribution in [1.82, 2.24) is 14.6 Å². The van der Waals surface area contributed by atoms with Gasteiger partial charge in [0.1, 0.15) is 0 Å². The highest BCUT2D eigenvalue weighted by atomic mass is 16.6. The summed E-state index contributed by atoms with van der Waals surface area (Å²) >= 11 is 0. The number of nitro benzene ring substituents is 1. The van der Waals surface area contributed by atoms with Crippen LogP contribution >= 0.6 is 0 Å². The van der Waals surface area contributed by atoms with Crippen LogP contribution in [0.25, 0.3) is 16.8 Å². The molecule has 2 amide bonds. The predicted octanol–water partition coefficient (Wildman–Crippen LogP) is 2.87. The number of amides is 2. The van der Waals surface area contributed by atoms with E-state index in [1.807, 2.05) is 34.9 Å². The van der Waals surface area contributed by atoms with E-state index in [-0.39, 0.29) is 23.5 Å². The maximum absolute atomic E-state index is 13.3. The van der Waals surface area contributed by atoms with E-state index < -0.39 is 4.92 Å². The number of fused-ring (bicyclic) bond motifs is 1. The molecule has 1 aromatic carbocycles. The van der Waals surface area contributed by atoms with Crippen molar-refractivity contribution in [3.8, 4) is 11.3 Å². The van der Waals surface area contributed by atoms with Crippen molar-refractivity contribution < 1.29 is 14.5 Å². The molecule has 1 unspecified atom stereocenters. The fourth-order valence-electron chi connectivity index (χ4n) is 3.84. The molecule has 0 spiro atoms. The van der Waals surface area contributed by atoms with Gasteiger partial charge < -0.3 is 14.6 Å². The molecule has 0 aliphatic carbocycles. The van der Waals surface area contributed by atoms with Crippen molar-refractivity contribution in [2.45, 2.75) is 19.4 Å². The van der Waals surface area contributed by atoms with Gasteiger partial charge in [0.2, 0.25) is 5.91 Å². The van der Waals surface area contributed by atoms with Crippen LogP contribution < -0.4 is 5.32 Å². The summed E-state index contributed by atoms with van der Waals surface area (Å²) in [4.78, 5) is 36.9. The number of carbonyl (C=O) groups excluding carboxylic acids is 2. The van der Waals surface area contributed by atoms with Crippen LogP contribution in [0.2, 0.25) is 0 Å². The highest BCUT2D eigenvalue weighted by molar-refractivity contribution is 6.02. The number of nitrogens with one attached hydrogen (secondary N) is 1. The summed E-state index contributed by atoms with van der Waals surface area (Å²) in [6.07, 6.45) is 2.58. The number of hydrogen-bond acceptors (Lipinski definition) is 4. The minimum Gasteiger partial charge on any atom is -0.352 e. The molecule has 1 N–H and O–H groups in total. The number of pyridine rings is 1. The first-order valence-corrected chi connectivity index (χ1v) is 9.35. The molecule has 1 aliphatic rings. The Bertz CT molecular complexity index is 1100. The number of aromatic nitrogens is 1. The second-order valence-electron chi connectivity index (χ2n) is 7.14. The zero-order valence-electron chi connectivity index (χ0n) is 15.9. The lowest BCUT2D eigenvalue weighted by molar-refractivity contribution is -0.384. The second kappa shape index (κ2) is 7.38. The molecule has 29 heavy (non-hydrogen) atoms. The molecule has 2 aromatic heterocycles. The van der Waals surface area contributed by atoms with Gasteiger partial charge in [-0.05, 0) is 42.3 Å². The van der Waals surface area contributed by atoms with Crippen molar-refractivity contribution in [3.63, 3.8) is 0 Å². The van der Waals surface area contributed by atoms with Gasteiger partial charge in [-0.15, -0.1) is 0 Å². The highest BCUT2D eigenvalue weighted by Crippen LogP contribution is 2.30. The van der Waals surface area contributed by atoms with Gasteiger partial charge in [-0.2, -0.15) is 0 Å². The van der Waals surface area contributed by atoms with E-state index >= 15 is 0 Å². The molecule has 4 rings (SSSR count). The Morgan fingerprint density at radius 3 is 2.62 bits per heavy atom. The Hall–Kier alpha value is -3.68. The van der Waals surface area contributed by atoms with Crippen molar-refractivity contribution in [2.24, 2.45) is 0 Å². The average Bonchev–Trinajstić information content (AvgIpc) is 3.31. The third-order valence-electron chi connectivity index (χ3n) is 5.14. The summed E-state index contributed by atoms with van der Waals surface area (Å²) in [5.41, 5.74) is 2.82. The number of hydrogen-bond donors (Lipinski definition) is 1. The molecule has 8 nitrogen and oxygen atoms in total.